The van der Waals surface area contributed by atoms with Gasteiger partial charge in [-0.05, 0) is 18.9 Å². The van der Waals surface area contributed by atoms with Crippen molar-refractivity contribution in [2.45, 2.75) is 25.3 Å². The summed E-state index contributed by atoms with van der Waals surface area (Å²) in [5.41, 5.74) is 1.21. The van der Waals surface area contributed by atoms with Gasteiger partial charge in [-0.2, -0.15) is 5.10 Å². The Morgan fingerprint density at radius 1 is 1.73 bits per heavy atom. The number of hydrogen-bond donors (Lipinski definition) is 0. The van der Waals surface area contributed by atoms with Gasteiger partial charge in [-0.15, -0.1) is 6.42 Å². The zero-order valence-corrected chi connectivity index (χ0v) is 6.33. The lowest BCUT2D eigenvalue weighted by atomic mass is 10.3. The fourth-order valence-corrected chi connectivity index (χ4v) is 1.16. The van der Waals surface area contributed by atoms with Crippen LogP contribution in [0, 0.1) is 12.3 Å². The molecule has 1 fully saturated rings. The maximum Gasteiger partial charge on any atom is 0.101 e. The second-order valence-corrected chi connectivity index (χ2v) is 2.92. The van der Waals surface area contributed by atoms with Gasteiger partial charge in [0, 0.05) is 12.1 Å². The first-order chi connectivity index (χ1) is 5.40. The molecule has 2 nitrogen and oxygen atoms in total. The summed E-state index contributed by atoms with van der Waals surface area (Å²) in [6.45, 7) is 0.590. The molecule has 0 aliphatic heterocycles. The molecule has 0 amide bonds. The molecular weight excluding hydrogens is 136 g/mol. The van der Waals surface area contributed by atoms with E-state index in [4.69, 9.17) is 6.42 Å². The van der Waals surface area contributed by atoms with Crippen molar-refractivity contribution < 1.29 is 0 Å². The summed E-state index contributed by atoms with van der Waals surface area (Å²) in [5, 5.41) is 4.34. The topological polar surface area (TPSA) is 17.8 Å². The highest BCUT2D eigenvalue weighted by Crippen LogP contribution is 2.38. The summed E-state index contributed by atoms with van der Waals surface area (Å²) in [6, 6.07) is 2.06. The average molecular weight is 146 g/mol. The molecule has 1 aliphatic rings. The summed E-state index contributed by atoms with van der Waals surface area (Å²) in [4.78, 5) is 0. The zero-order valence-electron chi connectivity index (χ0n) is 6.33. The average Bonchev–Trinajstić information content (AvgIpc) is 2.75. The normalized spacial score (nSPS) is 16.3. The molecule has 1 aromatic heterocycles. The zero-order chi connectivity index (χ0) is 7.68. The van der Waals surface area contributed by atoms with Crippen molar-refractivity contribution in [2.24, 2.45) is 0 Å². The monoisotopic (exact) mass is 146 g/mol. The first kappa shape index (κ1) is 6.48. The first-order valence-electron chi connectivity index (χ1n) is 3.87. The Kier molecular flexibility index (Phi) is 1.43. The van der Waals surface area contributed by atoms with E-state index in [0.29, 0.717) is 6.54 Å². The standard InChI is InChI=1S/C9H10N2/c1-2-6-11-7-5-9(10-11)8-3-4-8/h1,5,7-8H,3-4,6H2. The Balaban J connectivity index is 2.13. The lowest BCUT2D eigenvalue weighted by molar-refractivity contribution is 0.698. The molecule has 56 valence electrons. The third-order valence-corrected chi connectivity index (χ3v) is 1.91. The van der Waals surface area contributed by atoms with Crippen molar-refractivity contribution in [3.8, 4) is 12.3 Å². The lowest BCUT2D eigenvalue weighted by Gasteiger charge is -1.91. The minimum atomic E-state index is 0.590. The van der Waals surface area contributed by atoms with Crippen LogP contribution in [0.25, 0.3) is 0 Å². The number of hydrogen-bond acceptors (Lipinski definition) is 1. The summed E-state index contributed by atoms with van der Waals surface area (Å²) < 4.78 is 1.81. The van der Waals surface area contributed by atoms with Gasteiger partial charge in [-0.3, -0.25) is 4.68 Å². The van der Waals surface area contributed by atoms with E-state index < -0.39 is 0 Å². The van der Waals surface area contributed by atoms with Crippen molar-refractivity contribution in [2.75, 3.05) is 0 Å². The molecule has 0 N–H and O–H groups in total. The van der Waals surface area contributed by atoms with Crippen LogP contribution in [0.5, 0.6) is 0 Å². The third kappa shape index (κ3) is 1.27. The van der Waals surface area contributed by atoms with E-state index in [1.165, 1.54) is 18.5 Å². The molecule has 1 aliphatic carbocycles. The van der Waals surface area contributed by atoms with Gasteiger partial charge in [0.25, 0.3) is 0 Å². The molecule has 0 spiro atoms. The van der Waals surface area contributed by atoms with Crippen molar-refractivity contribution in [1.82, 2.24) is 9.78 Å². The Labute approximate surface area is 66.2 Å². The molecule has 0 saturated heterocycles. The van der Waals surface area contributed by atoms with Crippen LogP contribution in [0.3, 0.4) is 0 Å². The molecule has 1 aromatic rings. The van der Waals surface area contributed by atoms with E-state index in [-0.39, 0.29) is 0 Å². The summed E-state index contributed by atoms with van der Waals surface area (Å²) in [5.74, 6) is 3.29. The van der Waals surface area contributed by atoms with Gasteiger partial charge in [0.2, 0.25) is 0 Å². The molecule has 0 unspecified atom stereocenters. The largest absolute Gasteiger partial charge is 0.260 e. The maximum absolute atomic E-state index is 5.15. The van der Waals surface area contributed by atoms with E-state index in [0.717, 1.165) is 5.92 Å². The highest BCUT2D eigenvalue weighted by molar-refractivity contribution is 5.12. The SMILES string of the molecule is C#CCn1ccc(C2CC2)n1. The number of rotatable bonds is 2. The van der Waals surface area contributed by atoms with Crippen LogP contribution >= 0.6 is 0 Å². The maximum atomic E-state index is 5.15. The van der Waals surface area contributed by atoms with Crippen molar-refractivity contribution >= 4 is 0 Å². The predicted octanol–water partition coefficient (Wildman–Crippen LogP) is 1.39. The highest BCUT2D eigenvalue weighted by Gasteiger charge is 2.25. The van der Waals surface area contributed by atoms with Gasteiger partial charge in [-0.25, -0.2) is 0 Å². The van der Waals surface area contributed by atoms with Crippen LogP contribution in [-0.4, -0.2) is 9.78 Å². The second kappa shape index (κ2) is 2.43. The van der Waals surface area contributed by atoms with Crippen LogP contribution < -0.4 is 0 Å². The Morgan fingerprint density at radius 3 is 3.18 bits per heavy atom. The molecule has 0 atom stereocenters. The lowest BCUT2D eigenvalue weighted by Crippen LogP contribution is -1.96. The van der Waals surface area contributed by atoms with E-state index >= 15 is 0 Å². The fourth-order valence-electron chi connectivity index (χ4n) is 1.16. The molecule has 0 radical (unpaired) electrons. The Hall–Kier alpha value is -1.23. The second-order valence-electron chi connectivity index (χ2n) is 2.92. The van der Waals surface area contributed by atoms with Crippen LogP contribution in [0.1, 0.15) is 24.5 Å². The fraction of sp³-hybridized carbons (Fsp3) is 0.444. The van der Waals surface area contributed by atoms with E-state index in [2.05, 4.69) is 17.1 Å². The number of aromatic nitrogens is 2. The first-order valence-corrected chi connectivity index (χ1v) is 3.87. The van der Waals surface area contributed by atoms with Gasteiger partial charge < -0.3 is 0 Å². The van der Waals surface area contributed by atoms with Crippen molar-refractivity contribution in [3.05, 3.63) is 18.0 Å². The summed E-state index contributed by atoms with van der Waals surface area (Å²) in [7, 11) is 0. The van der Waals surface area contributed by atoms with Gasteiger partial charge >= 0.3 is 0 Å². The molecule has 1 saturated carbocycles. The molecule has 2 heteroatoms. The quantitative estimate of drug-likeness (QED) is 0.576. The smallest absolute Gasteiger partial charge is 0.101 e. The van der Waals surface area contributed by atoms with Gasteiger partial charge in [0.05, 0.1) is 5.69 Å². The van der Waals surface area contributed by atoms with Gasteiger partial charge in [-0.1, -0.05) is 5.92 Å². The summed E-state index contributed by atoms with van der Waals surface area (Å²) in [6.07, 6.45) is 9.70. The third-order valence-electron chi connectivity index (χ3n) is 1.91. The van der Waals surface area contributed by atoms with E-state index in [1.807, 2.05) is 10.9 Å². The van der Waals surface area contributed by atoms with E-state index in [1.54, 1.807) is 0 Å². The summed E-state index contributed by atoms with van der Waals surface area (Å²) >= 11 is 0. The van der Waals surface area contributed by atoms with Crippen LogP contribution in [0.15, 0.2) is 12.3 Å². The number of nitrogens with zero attached hydrogens (tertiary/aromatic N) is 2. The Bertz CT molecular complexity index is 289. The minimum Gasteiger partial charge on any atom is -0.260 e. The molecule has 0 bridgehead atoms. The van der Waals surface area contributed by atoms with Crippen molar-refractivity contribution in [3.63, 3.8) is 0 Å². The van der Waals surface area contributed by atoms with Crippen LogP contribution in [-0.2, 0) is 6.54 Å². The van der Waals surface area contributed by atoms with Gasteiger partial charge in [0.15, 0.2) is 0 Å². The van der Waals surface area contributed by atoms with Gasteiger partial charge in [0.1, 0.15) is 6.54 Å². The van der Waals surface area contributed by atoms with Crippen LogP contribution in [0.2, 0.25) is 0 Å². The molecule has 2 rings (SSSR count). The highest BCUT2D eigenvalue weighted by atomic mass is 15.3. The molecule has 0 aromatic carbocycles. The van der Waals surface area contributed by atoms with E-state index in [9.17, 15) is 0 Å². The molecule has 11 heavy (non-hydrogen) atoms. The molecule has 1 heterocycles. The Morgan fingerprint density at radius 2 is 2.55 bits per heavy atom. The van der Waals surface area contributed by atoms with Crippen LogP contribution in [0.4, 0.5) is 0 Å². The van der Waals surface area contributed by atoms with Crippen molar-refractivity contribution in [1.29, 1.82) is 0 Å². The molecular formula is C9H10N2. The number of terminal acetylenes is 1. The minimum absolute atomic E-state index is 0.590. The predicted molar refractivity (Wildman–Crippen MR) is 43.0 cm³/mol.